The summed E-state index contributed by atoms with van der Waals surface area (Å²) in [6.07, 6.45) is 8.26. The van der Waals surface area contributed by atoms with E-state index in [4.69, 9.17) is 4.74 Å². The lowest BCUT2D eigenvalue weighted by molar-refractivity contribution is -0.162. The van der Waals surface area contributed by atoms with E-state index in [1.807, 2.05) is 20.8 Å². The summed E-state index contributed by atoms with van der Waals surface area (Å²) in [6.45, 7) is 10.3. The van der Waals surface area contributed by atoms with E-state index in [0.717, 1.165) is 38.8 Å². The summed E-state index contributed by atoms with van der Waals surface area (Å²) in [7, 11) is 0. The van der Waals surface area contributed by atoms with Gasteiger partial charge in [0.2, 0.25) is 0 Å². The molecule has 0 radical (unpaired) electrons. The maximum absolute atomic E-state index is 12.4. The standard InChI is InChI=1S/C17H33NO2/c1-5-6-7-8-10-14(2)20-16(19)17(3,4)15-11-9-12-18-13-15/h14-15,18H,5-13H2,1-4H3. The summed E-state index contributed by atoms with van der Waals surface area (Å²) in [5.74, 6) is 0.380. The molecule has 1 N–H and O–H groups in total. The molecule has 0 aromatic carbocycles. The summed E-state index contributed by atoms with van der Waals surface area (Å²) in [5, 5.41) is 3.39. The minimum absolute atomic E-state index is 0.0193. The Balaban J connectivity index is 2.35. The van der Waals surface area contributed by atoms with Crippen molar-refractivity contribution in [3.8, 4) is 0 Å². The highest BCUT2D eigenvalue weighted by Gasteiger charge is 2.39. The largest absolute Gasteiger partial charge is 0.462 e. The highest BCUT2D eigenvalue weighted by molar-refractivity contribution is 5.76. The molecular weight excluding hydrogens is 250 g/mol. The van der Waals surface area contributed by atoms with Crippen LogP contribution in [0.4, 0.5) is 0 Å². The van der Waals surface area contributed by atoms with Gasteiger partial charge in [0, 0.05) is 0 Å². The van der Waals surface area contributed by atoms with Crippen LogP contribution in [0.3, 0.4) is 0 Å². The highest BCUT2D eigenvalue weighted by Crippen LogP contribution is 2.33. The van der Waals surface area contributed by atoms with Gasteiger partial charge in [0.1, 0.15) is 0 Å². The number of esters is 1. The van der Waals surface area contributed by atoms with Crippen LogP contribution in [0.1, 0.15) is 72.6 Å². The predicted octanol–water partition coefficient (Wildman–Crippen LogP) is 3.91. The predicted molar refractivity (Wildman–Crippen MR) is 83.7 cm³/mol. The van der Waals surface area contributed by atoms with E-state index >= 15 is 0 Å². The van der Waals surface area contributed by atoms with Gasteiger partial charge < -0.3 is 10.1 Å². The molecule has 1 aliphatic heterocycles. The average Bonchev–Trinajstić information content (AvgIpc) is 2.44. The van der Waals surface area contributed by atoms with Crippen molar-refractivity contribution in [2.45, 2.75) is 78.7 Å². The molecule has 20 heavy (non-hydrogen) atoms. The van der Waals surface area contributed by atoms with Crippen molar-refractivity contribution in [2.24, 2.45) is 11.3 Å². The molecule has 2 unspecified atom stereocenters. The number of carbonyl (C=O) groups is 1. The molecule has 0 bridgehead atoms. The number of rotatable bonds is 8. The lowest BCUT2D eigenvalue weighted by atomic mass is 9.75. The minimum atomic E-state index is -0.370. The average molecular weight is 283 g/mol. The smallest absolute Gasteiger partial charge is 0.312 e. The lowest BCUT2D eigenvalue weighted by Gasteiger charge is -2.36. The number of hydrogen-bond donors (Lipinski definition) is 1. The summed E-state index contributed by atoms with van der Waals surface area (Å²) in [6, 6.07) is 0. The first-order valence-electron chi connectivity index (χ1n) is 8.40. The third-order valence-corrected chi connectivity index (χ3v) is 4.62. The van der Waals surface area contributed by atoms with Gasteiger partial charge in [0.25, 0.3) is 0 Å². The van der Waals surface area contributed by atoms with E-state index in [9.17, 15) is 4.79 Å². The zero-order valence-electron chi connectivity index (χ0n) is 13.8. The number of hydrogen-bond acceptors (Lipinski definition) is 3. The van der Waals surface area contributed by atoms with Crippen molar-refractivity contribution in [1.29, 1.82) is 0 Å². The summed E-state index contributed by atoms with van der Waals surface area (Å²) >= 11 is 0. The van der Waals surface area contributed by atoms with Crippen LogP contribution in [0, 0.1) is 11.3 Å². The normalized spacial score (nSPS) is 21.5. The molecule has 2 atom stereocenters. The van der Waals surface area contributed by atoms with Crippen molar-refractivity contribution >= 4 is 5.97 Å². The van der Waals surface area contributed by atoms with Crippen LogP contribution in [0.25, 0.3) is 0 Å². The van der Waals surface area contributed by atoms with Gasteiger partial charge in [-0.15, -0.1) is 0 Å². The van der Waals surface area contributed by atoms with Gasteiger partial charge >= 0.3 is 5.97 Å². The molecule has 1 aliphatic rings. The second-order valence-electron chi connectivity index (χ2n) is 6.83. The van der Waals surface area contributed by atoms with Crippen molar-refractivity contribution in [3.63, 3.8) is 0 Å². The highest BCUT2D eigenvalue weighted by atomic mass is 16.5. The zero-order valence-corrected chi connectivity index (χ0v) is 13.8. The zero-order chi connectivity index (χ0) is 15.0. The number of nitrogens with one attached hydrogen (secondary N) is 1. The Kier molecular flexibility index (Phi) is 7.57. The van der Waals surface area contributed by atoms with Crippen LogP contribution >= 0.6 is 0 Å². The number of carbonyl (C=O) groups excluding carboxylic acids is 1. The molecule has 1 fully saturated rings. The molecule has 1 saturated heterocycles. The maximum Gasteiger partial charge on any atom is 0.312 e. The Bertz CT molecular complexity index is 283. The fraction of sp³-hybridized carbons (Fsp3) is 0.941. The molecule has 3 nitrogen and oxygen atoms in total. The van der Waals surface area contributed by atoms with Crippen molar-refractivity contribution in [1.82, 2.24) is 5.32 Å². The van der Waals surface area contributed by atoms with Crippen LogP contribution in [0.15, 0.2) is 0 Å². The second-order valence-corrected chi connectivity index (χ2v) is 6.83. The number of piperidine rings is 1. The van der Waals surface area contributed by atoms with Gasteiger partial charge in [0.15, 0.2) is 0 Å². The van der Waals surface area contributed by atoms with Crippen LogP contribution < -0.4 is 5.32 Å². The third-order valence-electron chi connectivity index (χ3n) is 4.62. The monoisotopic (exact) mass is 283 g/mol. The number of unbranched alkanes of at least 4 members (excludes halogenated alkanes) is 3. The molecule has 1 rings (SSSR count). The van der Waals surface area contributed by atoms with Gasteiger partial charge in [-0.1, -0.05) is 26.2 Å². The Hall–Kier alpha value is -0.570. The minimum Gasteiger partial charge on any atom is -0.462 e. The molecular formula is C17H33NO2. The molecule has 0 saturated carbocycles. The van der Waals surface area contributed by atoms with E-state index in [2.05, 4.69) is 12.2 Å². The molecule has 0 spiro atoms. The quantitative estimate of drug-likeness (QED) is 0.542. The topological polar surface area (TPSA) is 38.3 Å². The van der Waals surface area contributed by atoms with Crippen LogP contribution in [0.5, 0.6) is 0 Å². The molecule has 3 heteroatoms. The van der Waals surface area contributed by atoms with Crippen molar-refractivity contribution in [3.05, 3.63) is 0 Å². The van der Waals surface area contributed by atoms with Gasteiger partial charge in [0.05, 0.1) is 11.5 Å². The fourth-order valence-corrected chi connectivity index (χ4v) is 2.89. The van der Waals surface area contributed by atoms with Crippen molar-refractivity contribution < 1.29 is 9.53 Å². The van der Waals surface area contributed by atoms with Gasteiger partial charge in [-0.05, 0) is 65.5 Å². The summed E-state index contributed by atoms with van der Waals surface area (Å²) in [4.78, 5) is 12.4. The lowest BCUT2D eigenvalue weighted by Crippen LogP contribution is -2.44. The van der Waals surface area contributed by atoms with Crippen LogP contribution in [-0.2, 0) is 9.53 Å². The first-order chi connectivity index (χ1) is 9.48. The van der Waals surface area contributed by atoms with Gasteiger partial charge in [-0.25, -0.2) is 0 Å². The van der Waals surface area contributed by atoms with Crippen LogP contribution in [0.2, 0.25) is 0 Å². The first-order valence-corrected chi connectivity index (χ1v) is 8.40. The first kappa shape index (κ1) is 17.5. The van der Waals surface area contributed by atoms with Gasteiger partial charge in [-0.2, -0.15) is 0 Å². The Morgan fingerprint density at radius 3 is 2.70 bits per heavy atom. The van der Waals surface area contributed by atoms with E-state index in [1.165, 1.54) is 19.3 Å². The second kappa shape index (κ2) is 8.66. The van der Waals surface area contributed by atoms with E-state index in [-0.39, 0.29) is 17.5 Å². The molecule has 0 aromatic heterocycles. The van der Waals surface area contributed by atoms with Gasteiger partial charge in [-0.3, -0.25) is 4.79 Å². The summed E-state index contributed by atoms with van der Waals surface area (Å²) < 4.78 is 5.68. The Morgan fingerprint density at radius 1 is 1.35 bits per heavy atom. The van der Waals surface area contributed by atoms with E-state index in [0.29, 0.717) is 5.92 Å². The molecule has 0 aromatic rings. The Labute approximate surface area is 124 Å². The van der Waals surface area contributed by atoms with Crippen molar-refractivity contribution in [2.75, 3.05) is 13.1 Å². The molecule has 1 heterocycles. The maximum atomic E-state index is 12.4. The third kappa shape index (κ3) is 5.43. The molecule has 0 aliphatic carbocycles. The molecule has 0 amide bonds. The summed E-state index contributed by atoms with van der Waals surface area (Å²) in [5.41, 5.74) is -0.370. The SMILES string of the molecule is CCCCCCC(C)OC(=O)C(C)(C)C1CCCNC1. The number of ether oxygens (including phenoxy) is 1. The Morgan fingerprint density at radius 2 is 2.10 bits per heavy atom. The molecule has 118 valence electrons. The van der Waals surface area contributed by atoms with E-state index in [1.54, 1.807) is 0 Å². The van der Waals surface area contributed by atoms with E-state index < -0.39 is 0 Å². The fourth-order valence-electron chi connectivity index (χ4n) is 2.89. The van der Waals surface area contributed by atoms with Crippen LogP contribution in [-0.4, -0.2) is 25.2 Å².